The van der Waals surface area contributed by atoms with Crippen molar-refractivity contribution in [1.29, 1.82) is 0 Å². The highest BCUT2D eigenvalue weighted by Gasteiger charge is 2.28. The maximum atomic E-state index is 11.9. The van der Waals surface area contributed by atoms with Crippen LogP contribution in [0.5, 0.6) is 11.5 Å². The standard InChI is InChI=1S/C28H30O4/c1-17(29)23-15-21(11-13-25(23)31)27(3,4)19-7-9-20(10-8-19)28(5,6)22-12-14-26(32)24(16-22)18(2)30/h7-16,31-32H,1-6H3. The number of hydrogen-bond acceptors (Lipinski definition) is 4. The smallest absolute Gasteiger partial charge is 0.163 e. The van der Waals surface area contributed by atoms with Crippen LogP contribution in [0.2, 0.25) is 0 Å². The fraction of sp³-hybridized carbons (Fsp3) is 0.286. The quantitative estimate of drug-likeness (QED) is 0.460. The topological polar surface area (TPSA) is 74.6 Å². The molecule has 0 saturated carbocycles. The molecule has 3 rings (SSSR count). The Morgan fingerprint density at radius 2 is 0.844 bits per heavy atom. The molecule has 0 amide bonds. The van der Waals surface area contributed by atoms with Crippen molar-refractivity contribution in [2.24, 2.45) is 0 Å². The summed E-state index contributed by atoms with van der Waals surface area (Å²) in [5.41, 5.74) is 3.93. The Morgan fingerprint density at radius 3 is 1.12 bits per heavy atom. The van der Waals surface area contributed by atoms with Crippen molar-refractivity contribution in [3.05, 3.63) is 94.0 Å². The van der Waals surface area contributed by atoms with E-state index in [0.717, 1.165) is 22.3 Å². The van der Waals surface area contributed by atoms with E-state index in [1.807, 2.05) is 12.1 Å². The van der Waals surface area contributed by atoms with Crippen LogP contribution in [-0.2, 0) is 10.8 Å². The summed E-state index contributed by atoms with van der Waals surface area (Å²) in [5.74, 6) is -0.354. The van der Waals surface area contributed by atoms with Crippen LogP contribution in [0.1, 0.15) is 84.5 Å². The highest BCUT2D eigenvalue weighted by atomic mass is 16.3. The molecule has 3 aromatic carbocycles. The Labute approximate surface area is 189 Å². The molecule has 166 valence electrons. The molecule has 0 radical (unpaired) electrons. The summed E-state index contributed by atoms with van der Waals surface area (Å²) < 4.78 is 0. The molecule has 32 heavy (non-hydrogen) atoms. The average molecular weight is 431 g/mol. The molecule has 0 heterocycles. The first-order chi connectivity index (χ1) is 14.9. The van der Waals surface area contributed by atoms with Gasteiger partial charge in [0.15, 0.2) is 11.6 Å². The van der Waals surface area contributed by atoms with E-state index in [9.17, 15) is 19.8 Å². The zero-order valence-electron chi connectivity index (χ0n) is 19.5. The van der Waals surface area contributed by atoms with Crippen LogP contribution in [0.25, 0.3) is 0 Å². The first-order valence-corrected chi connectivity index (χ1v) is 10.7. The summed E-state index contributed by atoms with van der Waals surface area (Å²) >= 11 is 0. The molecular formula is C28H30O4. The Balaban J connectivity index is 1.98. The first kappa shape index (κ1) is 23.3. The van der Waals surface area contributed by atoms with Crippen LogP contribution >= 0.6 is 0 Å². The van der Waals surface area contributed by atoms with Gasteiger partial charge in [-0.15, -0.1) is 0 Å². The second-order valence-electron chi connectivity index (χ2n) is 9.40. The Bertz CT molecular complexity index is 1090. The van der Waals surface area contributed by atoms with Gasteiger partial charge in [0.1, 0.15) is 11.5 Å². The molecule has 0 aliphatic carbocycles. The lowest BCUT2D eigenvalue weighted by Crippen LogP contribution is -2.22. The fourth-order valence-electron chi connectivity index (χ4n) is 4.05. The predicted octanol–water partition coefficient (Wildman–Crippen LogP) is 6.15. The lowest BCUT2D eigenvalue weighted by Gasteiger charge is -2.30. The normalized spacial score (nSPS) is 11.9. The summed E-state index contributed by atoms with van der Waals surface area (Å²) in [6, 6.07) is 18.6. The molecule has 0 bridgehead atoms. The van der Waals surface area contributed by atoms with Crippen molar-refractivity contribution in [3.63, 3.8) is 0 Å². The van der Waals surface area contributed by atoms with Gasteiger partial charge in [-0.2, -0.15) is 0 Å². The number of carbonyl (C=O) groups is 2. The molecule has 2 N–H and O–H groups in total. The van der Waals surface area contributed by atoms with Gasteiger partial charge in [0.25, 0.3) is 0 Å². The van der Waals surface area contributed by atoms with Crippen molar-refractivity contribution >= 4 is 11.6 Å². The molecule has 4 heteroatoms. The van der Waals surface area contributed by atoms with Crippen LogP contribution in [0.15, 0.2) is 60.7 Å². The van der Waals surface area contributed by atoms with Gasteiger partial charge < -0.3 is 10.2 Å². The average Bonchev–Trinajstić information content (AvgIpc) is 2.73. The van der Waals surface area contributed by atoms with Crippen molar-refractivity contribution in [2.75, 3.05) is 0 Å². The Morgan fingerprint density at radius 1 is 0.562 bits per heavy atom. The van der Waals surface area contributed by atoms with E-state index in [2.05, 4.69) is 52.0 Å². The van der Waals surface area contributed by atoms with Gasteiger partial charge in [0.05, 0.1) is 11.1 Å². The molecule has 0 saturated heterocycles. The van der Waals surface area contributed by atoms with E-state index in [4.69, 9.17) is 0 Å². The number of phenolic OH excluding ortho intramolecular Hbond substituents is 2. The largest absolute Gasteiger partial charge is 0.507 e. The van der Waals surface area contributed by atoms with Crippen LogP contribution < -0.4 is 0 Å². The van der Waals surface area contributed by atoms with E-state index in [1.165, 1.54) is 13.8 Å². The summed E-state index contributed by atoms with van der Waals surface area (Å²) in [4.78, 5) is 23.7. The molecule has 3 aromatic rings. The lowest BCUT2D eigenvalue weighted by molar-refractivity contribution is 0.100. The number of benzene rings is 3. The van der Waals surface area contributed by atoms with E-state index < -0.39 is 0 Å². The summed E-state index contributed by atoms with van der Waals surface area (Å²) in [7, 11) is 0. The monoisotopic (exact) mass is 430 g/mol. The third kappa shape index (κ3) is 4.18. The zero-order valence-corrected chi connectivity index (χ0v) is 19.5. The highest BCUT2D eigenvalue weighted by molar-refractivity contribution is 5.97. The van der Waals surface area contributed by atoms with E-state index >= 15 is 0 Å². The lowest BCUT2D eigenvalue weighted by atomic mass is 9.74. The molecule has 0 fully saturated rings. The van der Waals surface area contributed by atoms with E-state index in [0.29, 0.717) is 11.1 Å². The minimum atomic E-state index is -0.374. The van der Waals surface area contributed by atoms with Crippen molar-refractivity contribution < 1.29 is 19.8 Å². The molecule has 0 unspecified atom stereocenters. The van der Waals surface area contributed by atoms with Gasteiger partial charge in [0, 0.05) is 10.8 Å². The molecular weight excluding hydrogens is 400 g/mol. The minimum Gasteiger partial charge on any atom is -0.507 e. The summed E-state index contributed by atoms with van der Waals surface area (Å²) in [6.45, 7) is 11.2. The highest BCUT2D eigenvalue weighted by Crippen LogP contribution is 2.37. The van der Waals surface area contributed by atoms with E-state index in [1.54, 1.807) is 24.3 Å². The van der Waals surface area contributed by atoms with Gasteiger partial charge in [-0.3, -0.25) is 9.59 Å². The fourth-order valence-corrected chi connectivity index (χ4v) is 4.05. The van der Waals surface area contributed by atoms with Crippen LogP contribution in [0, 0.1) is 0 Å². The van der Waals surface area contributed by atoms with Gasteiger partial charge in [-0.25, -0.2) is 0 Å². The molecule has 0 aliphatic rings. The van der Waals surface area contributed by atoms with E-state index in [-0.39, 0.29) is 33.9 Å². The molecule has 4 nitrogen and oxygen atoms in total. The molecule has 0 atom stereocenters. The number of phenols is 2. The maximum absolute atomic E-state index is 11.9. The third-order valence-electron chi connectivity index (χ3n) is 6.52. The Kier molecular flexibility index (Phi) is 6.01. The number of aromatic hydroxyl groups is 2. The second-order valence-corrected chi connectivity index (χ2v) is 9.40. The molecule has 0 spiro atoms. The van der Waals surface area contributed by atoms with Crippen molar-refractivity contribution in [1.82, 2.24) is 0 Å². The van der Waals surface area contributed by atoms with Gasteiger partial charge in [-0.05, 0) is 60.4 Å². The zero-order chi connectivity index (χ0) is 23.8. The van der Waals surface area contributed by atoms with Crippen molar-refractivity contribution in [3.8, 4) is 11.5 Å². The predicted molar refractivity (Wildman–Crippen MR) is 127 cm³/mol. The first-order valence-electron chi connectivity index (χ1n) is 10.7. The Hall–Kier alpha value is -3.40. The summed E-state index contributed by atoms with van der Waals surface area (Å²) in [5, 5.41) is 20.0. The van der Waals surface area contributed by atoms with Gasteiger partial charge in [-0.1, -0.05) is 64.1 Å². The van der Waals surface area contributed by atoms with Gasteiger partial charge in [0.2, 0.25) is 0 Å². The van der Waals surface area contributed by atoms with Crippen LogP contribution in [-0.4, -0.2) is 21.8 Å². The summed E-state index contributed by atoms with van der Waals surface area (Å²) in [6.07, 6.45) is 0. The molecule has 0 aliphatic heterocycles. The number of Topliss-reactive ketones (excluding diaryl/α,β-unsaturated/α-hetero) is 2. The third-order valence-corrected chi connectivity index (χ3v) is 6.52. The SMILES string of the molecule is CC(=O)c1cc(C(C)(C)c2ccc(C(C)(C)c3ccc(O)c(C(C)=O)c3)cc2)ccc1O. The number of ketones is 2. The van der Waals surface area contributed by atoms with Crippen LogP contribution in [0.3, 0.4) is 0 Å². The minimum absolute atomic E-state index is 0.00650. The van der Waals surface area contributed by atoms with Gasteiger partial charge >= 0.3 is 0 Å². The second kappa shape index (κ2) is 8.27. The number of hydrogen-bond donors (Lipinski definition) is 2. The number of rotatable bonds is 6. The molecule has 0 aromatic heterocycles. The van der Waals surface area contributed by atoms with Crippen molar-refractivity contribution in [2.45, 2.75) is 52.4 Å². The maximum Gasteiger partial charge on any atom is 0.163 e. The number of carbonyl (C=O) groups excluding carboxylic acids is 2. The van der Waals surface area contributed by atoms with Crippen LogP contribution in [0.4, 0.5) is 0 Å².